The molecule has 0 unspecified atom stereocenters. The van der Waals surface area contributed by atoms with Gasteiger partial charge in [-0.3, -0.25) is 4.79 Å². The lowest BCUT2D eigenvalue weighted by atomic mass is 9.98. The number of aliphatic hydroxyl groups is 1. The van der Waals surface area contributed by atoms with E-state index in [1.165, 1.54) is 0 Å². The standard InChI is InChI=1S/C17H21NO3/c1-11-6-5-7-13-12(2)15(21-14(11)13)16(20)18-17(10-19)8-3-4-9-17/h5-7,19H,3-4,8-10H2,1-2H3,(H,18,20). The molecule has 1 aromatic heterocycles. The second kappa shape index (κ2) is 5.19. The van der Waals surface area contributed by atoms with Gasteiger partial charge in [0.1, 0.15) is 5.58 Å². The van der Waals surface area contributed by atoms with Crippen LogP contribution >= 0.6 is 0 Å². The monoisotopic (exact) mass is 287 g/mol. The smallest absolute Gasteiger partial charge is 0.287 e. The van der Waals surface area contributed by atoms with E-state index < -0.39 is 5.54 Å². The summed E-state index contributed by atoms with van der Waals surface area (Å²) < 4.78 is 5.80. The normalized spacial score (nSPS) is 17.3. The van der Waals surface area contributed by atoms with Gasteiger partial charge < -0.3 is 14.8 Å². The summed E-state index contributed by atoms with van der Waals surface area (Å²) >= 11 is 0. The highest BCUT2D eigenvalue weighted by Gasteiger charge is 2.36. The molecule has 1 aliphatic rings. The molecular weight excluding hydrogens is 266 g/mol. The molecule has 1 aromatic carbocycles. The number of carbonyl (C=O) groups excluding carboxylic acids is 1. The second-order valence-electron chi connectivity index (χ2n) is 6.11. The third-order valence-corrected chi connectivity index (χ3v) is 4.61. The molecule has 21 heavy (non-hydrogen) atoms. The number of rotatable bonds is 3. The van der Waals surface area contributed by atoms with E-state index in [-0.39, 0.29) is 12.5 Å². The maximum absolute atomic E-state index is 12.6. The van der Waals surface area contributed by atoms with Gasteiger partial charge in [-0.2, -0.15) is 0 Å². The van der Waals surface area contributed by atoms with E-state index in [9.17, 15) is 9.90 Å². The van der Waals surface area contributed by atoms with Crippen molar-refractivity contribution in [3.63, 3.8) is 0 Å². The fourth-order valence-electron chi connectivity index (χ4n) is 3.27. The summed E-state index contributed by atoms with van der Waals surface area (Å²) in [5, 5.41) is 13.6. The minimum absolute atomic E-state index is 0.0168. The van der Waals surface area contributed by atoms with Crippen LogP contribution in [0.2, 0.25) is 0 Å². The molecular formula is C17H21NO3. The van der Waals surface area contributed by atoms with Crippen LogP contribution in [0, 0.1) is 13.8 Å². The van der Waals surface area contributed by atoms with E-state index in [1.54, 1.807) is 0 Å². The Bertz CT molecular complexity index is 681. The number of hydrogen-bond acceptors (Lipinski definition) is 3. The van der Waals surface area contributed by atoms with Gasteiger partial charge in [0.25, 0.3) is 5.91 Å². The van der Waals surface area contributed by atoms with E-state index in [4.69, 9.17) is 4.42 Å². The summed E-state index contributed by atoms with van der Waals surface area (Å²) in [6.07, 6.45) is 3.74. The second-order valence-corrected chi connectivity index (χ2v) is 6.11. The van der Waals surface area contributed by atoms with Crippen molar-refractivity contribution >= 4 is 16.9 Å². The van der Waals surface area contributed by atoms with Crippen LogP contribution in [0.25, 0.3) is 11.0 Å². The van der Waals surface area contributed by atoms with E-state index in [1.807, 2.05) is 32.0 Å². The van der Waals surface area contributed by atoms with E-state index in [2.05, 4.69) is 5.32 Å². The predicted molar refractivity (Wildman–Crippen MR) is 81.4 cm³/mol. The summed E-state index contributed by atoms with van der Waals surface area (Å²) in [6, 6.07) is 5.91. The zero-order chi connectivity index (χ0) is 15.0. The molecule has 2 N–H and O–H groups in total. The van der Waals surface area contributed by atoms with Crippen LogP contribution in [-0.4, -0.2) is 23.2 Å². The topological polar surface area (TPSA) is 62.5 Å². The Hall–Kier alpha value is -1.81. The van der Waals surface area contributed by atoms with Crippen molar-refractivity contribution < 1.29 is 14.3 Å². The quantitative estimate of drug-likeness (QED) is 0.912. The summed E-state index contributed by atoms with van der Waals surface area (Å²) in [5.41, 5.74) is 2.17. The summed E-state index contributed by atoms with van der Waals surface area (Å²) in [5.74, 6) is 0.137. The highest BCUT2D eigenvalue weighted by Crippen LogP contribution is 2.31. The Morgan fingerprint density at radius 3 is 2.67 bits per heavy atom. The first-order valence-electron chi connectivity index (χ1n) is 7.48. The number of aliphatic hydroxyl groups excluding tert-OH is 1. The van der Waals surface area contributed by atoms with Crippen molar-refractivity contribution in [2.24, 2.45) is 0 Å². The Morgan fingerprint density at radius 2 is 2.05 bits per heavy atom. The number of amides is 1. The average molecular weight is 287 g/mol. The van der Waals surface area contributed by atoms with Crippen LogP contribution < -0.4 is 5.32 Å². The number of hydrogen-bond donors (Lipinski definition) is 2. The molecule has 4 heteroatoms. The van der Waals surface area contributed by atoms with E-state index in [0.717, 1.165) is 47.8 Å². The number of aryl methyl sites for hydroxylation is 2. The molecule has 1 heterocycles. The first-order chi connectivity index (χ1) is 10.1. The van der Waals surface area contributed by atoms with Gasteiger partial charge in [-0.15, -0.1) is 0 Å². The van der Waals surface area contributed by atoms with E-state index in [0.29, 0.717) is 5.76 Å². The lowest BCUT2D eigenvalue weighted by molar-refractivity contribution is 0.0812. The Balaban J connectivity index is 1.95. The molecule has 2 aromatic rings. The third kappa shape index (κ3) is 2.33. The molecule has 1 amide bonds. The van der Waals surface area contributed by atoms with Gasteiger partial charge in [0, 0.05) is 10.9 Å². The van der Waals surface area contributed by atoms with Crippen molar-refractivity contribution in [3.05, 3.63) is 35.1 Å². The molecule has 0 radical (unpaired) electrons. The number of benzene rings is 1. The van der Waals surface area contributed by atoms with Gasteiger partial charge in [0.15, 0.2) is 5.76 Å². The molecule has 0 atom stereocenters. The van der Waals surface area contributed by atoms with Crippen LogP contribution in [0.15, 0.2) is 22.6 Å². The van der Waals surface area contributed by atoms with Gasteiger partial charge in [-0.25, -0.2) is 0 Å². The molecule has 1 fully saturated rings. The fraction of sp³-hybridized carbons (Fsp3) is 0.471. The van der Waals surface area contributed by atoms with Crippen molar-refractivity contribution in [1.82, 2.24) is 5.32 Å². The molecule has 0 spiro atoms. The number of carbonyl (C=O) groups is 1. The highest BCUT2D eigenvalue weighted by molar-refractivity contribution is 5.99. The number of furan rings is 1. The molecule has 112 valence electrons. The third-order valence-electron chi connectivity index (χ3n) is 4.61. The van der Waals surface area contributed by atoms with Crippen molar-refractivity contribution in [2.75, 3.05) is 6.61 Å². The van der Waals surface area contributed by atoms with Gasteiger partial charge in [-0.1, -0.05) is 31.0 Å². The lowest BCUT2D eigenvalue weighted by Gasteiger charge is -2.27. The van der Waals surface area contributed by atoms with Gasteiger partial charge in [0.05, 0.1) is 12.1 Å². The Kier molecular flexibility index (Phi) is 3.49. The minimum Gasteiger partial charge on any atom is -0.450 e. The zero-order valence-electron chi connectivity index (χ0n) is 12.5. The van der Waals surface area contributed by atoms with Crippen molar-refractivity contribution in [2.45, 2.75) is 45.1 Å². The van der Waals surface area contributed by atoms with Crippen LogP contribution in [0.3, 0.4) is 0 Å². The first kappa shape index (κ1) is 14.1. The molecule has 3 rings (SSSR count). The zero-order valence-corrected chi connectivity index (χ0v) is 12.5. The van der Waals surface area contributed by atoms with Gasteiger partial charge in [0.2, 0.25) is 0 Å². The molecule has 4 nitrogen and oxygen atoms in total. The first-order valence-corrected chi connectivity index (χ1v) is 7.48. The predicted octanol–water partition coefficient (Wildman–Crippen LogP) is 3.08. The van der Waals surface area contributed by atoms with Crippen molar-refractivity contribution in [1.29, 1.82) is 0 Å². The minimum atomic E-state index is -0.475. The van der Waals surface area contributed by atoms with Crippen LogP contribution in [-0.2, 0) is 0 Å². The summed E-state index contributed by atoms with van der Waals surface area (Å²) in [4.78, 5) is 12.6. The molecule has 0 bridgehead atoms. The van der Waals surface area contributed by atoms with E-state index >= 15 is 0 Å². The number of nitrogens with one attached hydrogen (secondary N) is 1. The lowest BCUT2D eigenvalue weighted by Crippen LogP contribution is -2.49. The fourth-order valence-corrected chi connectivity index (χ4v) is 3.27. The maximum Gasteiger partial charge on any atom is 0.287 e. The average Bonchev–Trinajstić information content (AvgIpc) is 3.06. The van der Waals surface area contributed by atoms with Gasteiger partial charge >= 0.3 is 0 Å². The maximum atomic E-state index is 12.6. The highest BCUT2D eigenvalue weighted by atomic mass is 16.3. The number of para-hydroxylation sites is 1. The SMILES string of the molecule is Cc1c(C(=O)NC2(CO)CCCC2)oc2c(C)cccc12. The largest absolute Gasteiger partial charge is 0.450 e. The Labute approximate surface area is 124 Å². The molecule has 1 saturated carbocycles. The van der Waals surface area contributed by atoms with Crippen LogP contribution in [0.5, 0.6) is 0 Å². The van der Waals surface area contributed by atoms with Gasteiger partial charge in [-0.05, 0) is 32.3 Å². The van der Waals surface area contributed by atoms with Crippen molar-refractivity contribution in [3.8, 4) is 0 Å². The Morgan fingerprint density at radius 1 is 1.33 bits per heavy atom. The summed E-state index contributed by atoms with van der Waals surface area (Å²) in [7, 11) is 0. The number of fused-ring (bicyclic) bond motifs is 1. The van der Waals surface area contributed by atoms with Crippen LogP contribution in [0.4, 0.5) is 0 Å². The molecule has 1 aliphatic carbocycles. The molecule has 0 saturated heterocycles. The van der Waals surface area contributed by atoms with Crippen LogP contribution in [0.1, 0.15) is 47.4 Å². The summed E-state index contributed by atoms with van der Waals surface area (Å²) in [6.45, 7) is 3.86. The molecule has 0 aliphatic heterocycles.